The van der Waals surface area contributed by atoms with Gasteiger partial charge in [-0.1, -0.05) is 39.0 Å². The Hall–Kier alpha value is -0.0800. The second-order valence-electron chi connectivity index (χ2n) is 4.85. The van der Waals surface area contributed by atoms with Crippen molar-refractivity contribution in [2.45, 2.75) is 77.7 Å². The molecular formula is C14H31NO. The molecule has 2 heteroatoms. The molecule has 2 N–H and O–H groups in total. The first-order valence-corrected chi connectivity index (χ1v) is 7.10. The van der Waals surface area contributed by atoms with Gasteiger partial charge >= 0.3 is 0 Å². The molecule has 0 heterocycles. The lowest BCUT2D eigenvalue weighted by molar-refractivity contribution is 0.125. The third-order valence-corrected chi connectivity index (χ3v) is 2.84. The highest BCUT2D eigenvalue weighted by Gasteiger charge is 1.95. The molecule has 0 amide bonds. The van der Waals surface area contributed by atoms with Crippen molar-refractivity contribution in [2.24, 2.45) is 5.73 Å². The molecule has 0 saturated heterocycles. The summed E-state index contributed by atoms with van der Waals surface area (Å²) in [6.45, 7) is 6.19. The second-order valence-corrected chi connectivity index (χ2v) is 4.85. The summed E-state index contributed by atoms with van der Waals surface area (Å²) in [5.74, 6) is 0. The lowest BCUT2D eigenvalue weighted by Gasteiger charge is -2.06. The molecule has 0 aromatic rings. The third-order valence-electron chi connectivity index (χ3n) is 2.84. The summed E-state index contributed by atoms with van der Waals surface area (Å²) < 4.78 is 5.58. The van der Waals surface area contributed by atoms with Crippen LogP contribution in [0.3, 0.4) is 0 Å². The molecule has 1 atom stereocenters. The van der Waals surface area contributed by atoms with E-state index in [1.807, 2.05) is 0 Å². The molecule has 0 radical (unpaired) electrons. The van der Waals surface area contributed by atoms with Crippen LogP contribution in [0.4, 0.5) is 0 Å². The summed E-state index contributed by atoms with van der Waals surface area (Å²) in [5, 5.41) is 0. The van der Waals surface area contributed by atoms with Gasteiger partial charge in [0.05, 0.1) is 0 Å². The van der Waals surface area contributed by atoms with E-state index >= 15 is 0 Å². The lowest BCUT2D eigenvalue weighted by atomic mass is 10.1. The van der Waals surface area contributed by atoms with Crippen LogP contribution in [-0.4, -0.2) is 19.3 Å². The van der Waals surface area contributed by atoms with E-state index in [2.05, 4.69) is 13.8 Å². The average Bonchev–Trinajstić information content (AvgIpc) is 2.25. The Labute approximate surface area is 102 Å². The SMILES string of the molecule is CCCCCCCCOCCCCC(C)N. The van der Waals surface area contributed by atoms with Crippen molar-refractivity contribution in [2.75, 3.05) is 13.2 Å². The van der Waals surface area contributed by atoms with Crippen LogP contribution in [-0.2, 0) is 4.74 Å². The van der Waals surface area contributed by atoms with Crippen molar-refractivity contribution in [1.82, 2.24) is 0 Å². The summed E-state index contributed by atoms with van der Waals surface area (Å²) in [6, 6.07) is 0.346. The van der Waals surface area contributed by atoms with Crippen LogP contribution < -0.4 is 5.73 Å². The molecule has 0 bridgehead atoms. The van der Waals surface area contributed by atoms with E-state index in [-0.39, 0.29) is 0 Å². The van der Waals surface area contributed by atoms with Crippen LogP contribution >= 0.6 is 0 Å². The average molecular weight is 229 g/mol. The number of rotatable bonds is 12. The minimum Gasteiger partial charge on any atom is -0.381 e. The van der Waals surface area contributed by atoms with Crippen LogP contribution in [0, 0.1) is 0 Å². The van der Waals surface area contributed by atoms with Crippen molar-refractivity contribution >= 4 is 0 Å². The molecule has 0 aliphatic rings. The molecule has 0 aromatic carbocycles. The summed E-state index contributed by atoms with van der Waals surface area (Å²) >= 11 is 0. The maximum Gasteiger partial charge on any atom is 0.0466 e. The van der Waals surface area contributed by atoms with Gasteiger partial charge in [0.15, 0.2) is 0 Å². The van der Waals surface area contributed by atoms with Gasteiger partial charge in [0, 0.05) is 19.3 Å². The molecule has 0 aliphatic heterocycles. The first-order valence-electron chi connectivity index (χ1n) is 7.10. The van der Waals surface area contributed by atoms with Gasteiger partial charge in [-0.05, 0) is 32.6 Å². The van der Waals surface area contributed by atoms with Crippen molar-refractivity contribution < 1.29 is 4.74 Å². The van der Waals surface area contributed by atoms with Crippen LogP contribution in [0.15, 0.2) is 0 Å². The van der Waals surface area contributed by atoms with Crippen LogP contribution in [0.1, 0.15) is 71.6 Å². The van der Waals surface area contributed by atoms with Gasteiger partial charge in [-0.2, -0.15) is 0 Å². The zero-order valence-corrected chi connectivity index (χ0v) is 11.3. The van der Waals surface area contributed by atoms with E-state index in [0.29, 0.717) is 6.04 Å². The highest BCUT2D eigenvalue weighted by molar-refractivity contribution is 4.52. The fraction of sp³-hybridized carbons (Fsp3) is 1.00. The topological polar surface area (TPSA) is 35.2 Å². The normalized spacial score (nSPS) is 12.9. The van der Waals surface area contributed by atoms with E-state index in [0.717, 1.165) is 26.1 Å². The smallest absolute Gasteiger partial charge is 0.0466 e. The van der Waals surface area contributed by atoms with Crippen molar-refractivity contribution in [1.29, 1.82) is 0 Å². The maximum absolute atomic E-state index is 5.67. The van der Waals surface area contributed by atoms with Crippen LogP contribution in [0.25, 0.3) is 0 Å². The predicted molar refractivity (Wildman–Crippen MR) is 71.7 cm³/mol. The third kappa shape index (κ3) is 13.9. The molecule has 0 aliphatic carbocycles. The number of hydrogen-bond donors (Lipinski definition) is 1. The van der Waals surface area contributed by atoms with E-state index < -0.39 is 0 Å². The van der Waals surface area contributed by atoms with Crippen molar-refractivity contribution in [3.63, 3.8) is 0 Å². The molecule has 1 unspecified atom stereocenters. The van der Waals surface area contributed by atoms with Gasteiger partial charge < -0.3 is 10.5 Å². The van der Waals surface area contributed by atoms with Gasteiger partial charge in [0.1, 0.15) is 0 Å². The Bertz CT molecular complexity index is 126. The zero-order chi connectivity index (χ0) is 12.1. The molecule has 0 aromatic heterocycles. The standard InChI is InChI=1S/C14H31NO/c1-3-4-5-6-7-9-12-16-13-10-8-11-14(2)15/h14H,3-13,15H2,1-2H3. The Morgan fingerprint density at radius 1 is 0.875 bits per heavy atom. The van der Waals surface area contributed by atoms with Crippen molar-refractivity contribution in [3.8, 4) is 0 Å². The molecule has 98 valence electrons. The Balaban J connectivity index is 2.88. The maximum atomic E-state index is 5.67. The highest BCUT2D eigenvalue weighted by atomic mass is 16.5. The van der Waals surface area contributed by atoms with Gasteiger partial charge in [0.25, 0.3) is 0 Å². The summed E-state index contributed by atoms with van der Waals surface area (Å²) in [4.78, 5) is 0. The molecule has 0 rings (SSSR count). The van der Waals surface area contributed by atoms with Gasteiger partial charge in [0.2, 0.25) is 0 Å². The van der Waals surface area contributed by atoms with Gasteiger partial charge in [-0.3, -0.25) is 0 Å². The Morgan fingerprint density at radius 2 is 1.44 bits per heavy atom. The monoisotopic (exact) mass is 229 g/mol. The summed E-state index contributed by atoms with van der Waals surface area (Å²) in [6.07, 6.45) is 11.5. The van der Waals surface area contributed by atoms with Gasteiger partial charge in [-0.15, -0.1) is 0 Å². The number of nitrogens with two attached hydrogens (primary N) is 1. The quantitative estimate of drug-likeness (QED) is 0.515. The van der Waals surface area contributed by atoms with E-state index in [9.17, 15) is 0 Å². The first kappa shape index (κ1) is 15.9. The molecule has 0 spiro atoms. The predicted octanol–water partition coefficient (Wildman–Crippen LogP) is 3.88. The molecule has 16 heavy (non-hydrogen) atoms. The fourth-order valence-corrected chi connectivity index (χ4v) is 1.76. The summed E-state index contributed by atoms with van der Waals surface area (Å²) in [5.41, 5.74) is 5.67. The lowest BCUT2D eigenvalue weighted by Crippen LogP contribution is -2.14. The second kappa shape index (κ2) is 13.0. The minimum absolute atomic E-state index is 0.346. The molecular weight excluding hydrogens is 198 g/mol. The van der Waals surface area contributed by atoms with E-state index in [1.54, 1.807) is 0 Å². The Kier molecular flexibility index (Phi) is 12.9. The highest BCUT2D eigenvalue weighted by Crippen LogP contribution is 2.05. The Morgan fingerprint density at radius 3 is 2.06 bits per heavy atom. The minimum atomic E-state index is 0.346. The molecule has 2 nitrogen and oxygen atoms in total. The van der Waals surface area contributed by atoms with Gasteiger partial charge in [-0.25, -0.2) is 0 Å². The van der Waals surface area contributed by atoms with E-state index in [4.69, 9.17) is 10.5 Å². The molecule has 0 saturated carbocycles. The zero-order valence-electron chi connectivity index (χ0n) is 11.3. The molecule has 0 fully saturated rings. The van der Waals surface area contributed by atoms with Crippen LogP contribution in [0.2, 0.25) is 0 Å². The largest absolute Gasteiger partial charge is 0.381 e. The fourth-order valence-electron chi connectivity index (χ4n) is 1.76. The summed E-state index contributed by atoms with van der Waals surface area (Å²) in [7, 11) is 0. The number of hydrogen-bond acceptors (Lipinski definition) is 2. The number of ether oxygens (including phenoxy) is 1. The van der Waals surface area contributed by atoms with Crippen molar-refractivity contribution in [3.05, 3.63) is 0 Å². The van der Waals surface area contributed by atoms with E-state index in [1.165, 1.54) is 44.9 Å². The number of unbranched alkanes of at least 4 members (excludes halogenated alkanes) is 6. The first-order chi connectivity index (χ1) is 7.77. The van der Waals surface area contributed by atoms with Crippen LogP contribution in [0.5, 0.6) is 0 Å².